The summed E-state index contributed by atoms with van der Waals surface area (Å²) >= 11 is 0. The van der Waals surface area contributed by atoms with Crippen LogP contribution in [-0.4, -0.2) is 6.21 Å². The van der Waals surface area contributed by atoms with Crippen molar-refractivity contribution in [1.82, 2.24) is 0 Å². The third-order valence-corrected chi connectivity index (χ3v) is 3.25. The van der Waals surface area contributed by atoms with Gasteiger partial charge in [0.05, 0.1) is 0 Å². The minimum absolute atomic E-state index is 0. The van der Waals surface area contributed by atoms with E-state index in [0.717, 1.165) is 5.56 Å². The maximum atomic E-state index is 13.5. The minimum atomic E-state index is -1.06. The van der Waals surface area contributed by atoms with E-state index in [1.165, 1.54) is 12.3 Å². The summed E-state index contributed by atoms with van der Waals surface area (Å²) in [6, 6.07) is 5.94. The van der Waals surface area contributed by atoms with Gasteiger partial charge in [0.25, 0.3) is 5.69 Å². The van der Waals surface area contributed by atoms with Gasteiger partial charge in [0.1, 0.15) is 5.82 Å². The van der Waals surface area contributed by atoms with Crippen LogP contribution in [0, 0.1) is 17.5 Å². The third-order valence-electron chi connectivity index (χ3n) is 3.25. The van der Waals surface area contributed by atoms with Gasteiger partial charge < -0.3 is 5.11 Å². The molecule has 2 rings (SSSR count). The standard InChI is InChI=1S/C17H16F3NO.Li/c1-17(2,3)11-4-5-15(22)10(6-11)9-21-16-13(19)7-12(18)8-14(16)20;/h4-9,22H,1-3H3;/q;+1. The van der Waals surface area contributed by atoms with E-state index >= 15 is 0 Å². The Balaban J connectivity index is 0.00000264. The Morgan fingerprint density at radius 3 is 2.09 bits per heavy atom. The van der Waals surface area contributed by atoms with Gasteiger partial charge in [0, 0.05) is 17.7 Å². The van der Waals surface area contributed by atoms with E-state index < -0.39 is 23.1 Å². The van der Waals surface area contributed by atoms with Gasteiger partial charge in [0.2, 0.25) is 0 Å². The predicted octanol–water partition coefficient (Wildman–Crippen LogP) is -0.690. The fourth-order valence-corrected chi connectivity index (χ4v) is 1.96. The van der Waals surface area contributed by atoms with Crippen LogP contribution in [0.2, 0.25) is 0 Å². The summed E-state index contributed by atoms with van der Waals surface area (Å²) in [5, 5.41) is 11.8. The Morgan fingerprint density at radius 2 is 1.57 bits per heavy atom. The van der Waals surface area contributed by atoms with Crippen LogP contribution < -0.4 is 29.0 Å². The van der Waals surface area contributed by atoms with Crippen molar-refractivity contribution in [2.45, 2.75) is 26.2 Å². The summed E-state index contributed by atoms with van der Waals surface area (Å²) in [7, 11) is 0. The third kappa shape index (κ3) is 4.63. The van der Waals surface area contributed by atoms with Crippen molar-refractivity contribution in [3.8, 4) is 5.75 Å². The Labute approximate surface area is 145 Å². The fourth-order valence-electron chi connectivity index (χ4n) is 1.96. The maximum absolute atomic E-state index is 13.5. The zero-order valence-electron chi connectivity index (χ0n) is 13.5. The second kappa shape index (κ2) is 7.25. The maximum Gasteiger partial charge on any atom is 1.00 e. The van der Waals surface area contributed by atoms with Gasteiger partial charge >= 0.3 is 18.9 Å². The van der Waals surface area contributed by atoms with Crippen molar-refractivity contribution in [1.29, 1.82) is 0 Å². The molecule has 2 aromatic carbocycles. The molecule has 2 aromatic rings. The molecule has 23 heavy (non-hydrogen) atoms. The van der Waals surface area contributed by atoms with Crippen molar-refractivity contribution in [3.05, 3.63) is 58.9 Å². The molecule has 116 valence electrons. The van der Waals surface area contributed by atoms with E-state index in [1.807, 2.05) is 20.8 Å². The second-order valence-corrected chi connectivity index (χ2v) is 6.04. The first kappa shape index (κ1) is 19.3. The van der Waals surface area contributed by atoms with Crippen LogP contribution in [0.3, 0.4) is 0 Å². The quantitative estimate of drug-likeness (QED) is 0.578. The molecule has 0 aliphatic carbocycles. The van der Waals surface area contributed by atoms with Crippen molar-refractivity contribution in [2.24, 2.45) is 0 Å². The zero-order chi connectivity index (χ0) is 16.5. The van der Waals surface area contributed by atoms with E-state index in [4.69, 9.17) is 0 Å². The summed E-state index contributed by atoms with van der Waals surface area (Å²) in [5.74, 6) is -3.40. The molecular formula is C17H16F3LiNO+. The van der Waals surface area contributed by atoms with Crippen LogP contribution in [0.15, 0.2) is 30.3 Å². The van der Waals surface area contributed by atoms with E-state index in [9.17, 15) is 18.3 Å². The molecule has 6 heteroatoms. The topological polar surface area (TPSA) is 37.0 Å². The van der Waals surface area contributed by atoms with Crippen LogP contribution >= 0.6 is 0 Å². The summed E-state index contributed by atoms with van der Waals surface area (Å²) < 4.78 is 39.9. The minimum Gasteiger partial charge on any atom is -0.872 e. The molecule has 0 saturated heterocycles. The molecule has 0 aromatic heterocycles. The first-order valence-corrected chi connectivity index (χ1v) is 6.74. The van der Waals surface area contributed by atoms with Crippen molar-refractivity contribution in [2.75, 3.05) is 0 Å². The van der Waals surface area contributed by atoms with Gasteiger partial charge in [-0.1, -0.05) is 38.7 Å². The number of nitrogens with one attached hydrogen (secondary N) is 1. The van der Waals surface area contributed by atoms with E-state index in [-0.39, 0.29) is 35.6 Å². The van der Waals surface area contributed by atoms with Gasteiger partial charge in [-0.05, 0) is 17.0 Å². The number of hydrogen-bond acceptors (Lipinski definition) is 1. The Bertz CT molecular complexity index is 716. The van der Waals surface area contributed by atoms with Gasteiger partial charge in [-0.25, -0.2) is 9.38 Å². The summed E-state index contributed by atoms with van der Waals surface area (Å²) in [6.07, 6.45) is 1.22. The Hall–Kier alpha value is -1.70. The summed E-state index contributed by atoms with van der Waals surface area (Å²) in [5.41, 5.74) is 0.528. The molecule has 2 nitrogen and oxygen atoms in total. The largest absolute Gasteiger partial charge is 1.00 e. The van der Waals surface area contributed by atoms with Crippen LogP contribution in [-0.2, 0) is 5.41 Å². The smallest absolute Gasteiger partial charge is 0.872 e. The predicted molar refractivity (Wildman–Crippen MR) is 76.7 cm³/mol. The van der Waals surface area contributed by atoms with E-state index in [1.54, 1.807) is 12.1 Å². The van der Waals surface area contributed by atoms with Crippen LogP contribution in [0.25, 0.3) is 0 Å². The number of benzene rings is 2. The van der Waals surface area contributed by atoms with Crippen LogP contribution in [0.1, 0.15) is 31.9 Å². The van der Waals surface area contributed by atoms with Gasteiger partial charge in [-0.2, -0.15) is 8.78 Å². The number of rotatable bonds is 2. The second-order valence-electron chi connectivity index (χ2n) is 6.04. The van der Waals surface area contributed by atoms with E-state index in [0.29, 0.717) is 12.1 Å². The molecular weight excluding hydrogens is 298 g/mol. The van der Waals surface area contributed by atoms with Gasteiger partial charge in [-0.15, -0.1) is 0 Å². The average molecular weight is 314 g/mol. The van der Waals surface area contributed by atoms with Crippen molar-refractivity contribution < 1.29 is 42.1 Å². The average Bonchev–Trinajstić information content (AvgIpc) is 2.38. The number of halogens is 3. The molecule has 0 aliphatic heterocycles. The first-order valence-electron chi connectivity index (χ1n) is 6.74. The monoisotopic (exact) mass is 314 g/mol. The number of hydrogen-bond donors (Lipinski definition) is 1. The van der Waals surface area contributed by atoms with Crippen molar-refractivity contribution >= 4 is 11.9 Å². The van der Waals surface area contributed by atoms with Gasteiger partial charge in [-0.3, -0.25) is 0 Å². The molecule has 0 atom stereocenters. The molecule has 0 saturated carbocycles. The molecule has 0 amide bonds. The molecule has 1 N–H and O–H groups in total. The normalized spacial score (nSPS) is 11.6. The molecule has 0 unspecified atom stereocenters. The summed E-state index contributed by atoms with van der Waals surface area (Å²) in [6.45, 7) is 5.97. The Kier molecular flexibility index (Phi) is 6.09. The molecule has 0 fully saturated rings. The molecule has 0 heterocycles. The summed E-state index contributed by atoms with van der Waals surface area (Å²) in [4.78, 5) is 2.40. The van der Waals surface area contributed by atoms with Crippen molar-refractivity contribution in [3.63, 3.8) is 0 Å². The van der Waals surface area contributed by atoms with Crippen LogP contribution in [0.4, 0.5) is 18.9 Å². The SMILES string of the molecule is CC(C)(C)c1ccc([O-])c(C=[NH+]c2c(F)cc(F)cc2F)c1.[Li+]. The molecule has 0 spiro atoms. The van der Waals surface area contributed by atoms with E-state index in [2.05, 4.69) is 4.99 Å². The fraction of sp³-hybridized carbons (Fsp3) is 0.235. The molecule has 0 radical (unpaired) electrons. The molecule has 0 aliphatic rings. The Morgan fingerprint density at radius 1 is 1.00 bits per heavy atom. The zero-order valence-corrected chi connectivity index (χ0v) is 13.5. The van der Waals surface area contributed by atoms with Crippen LogP contribution in [0.5, 0.6) is 5.75 Å². The van der Waals surface area contributed by atoms with Gasteiger partial charge in [0.15, 0.2) is 17.8 Å². The molecule has 0 bridgehead atoms. The first-order chi connectivity index (χ1) is 10.2.